The molecular weight excluding hydrogens is 376 g/mol. The lowest BCUT2D eigenvalue weighted by Crippen LogP contribution is -2.50. The molecule has 2 aromatic rings. The van der Waals surface area contributed by atoms with Crippen LogP contribution in [0.1, 0.15) is 41.6 Å². The van der Waals surface area contributed by atoms with E-state index >= 15 is 0 Å². The largest absolute Gasteiger partial charge is 0.349 e. The van der Waals surface area contributed by atoms with Crippen LogP contribution in [0.2, 0.25) is 0 Å². The van der Waals surface area contributed by atoms with Gasteiger partial charge in [0.2, 0.25) is 0 Å². The van der Waals surface area contributed by atoms with Crippen LogP contribution in [0, 0.1) is 0 Å². The average molecular weight is 399 g/mol. The minimum atomic E-state index is 0.0355. The van der Waals surface area contributed by atoms with Gasteiger partial charge in [0.05, 0.1) is 5.56 Å². The zero-order valence-corrected chi connectivity index (χ0v) is 15.8. The molecule has 2 bridgehead atoms. The number of carbonyl (C=O) groups excluding carboxylic acids is 1. The zero-order chi connectivity index (χ0) is 17.2. The summed E-state index contributed by atoms with van der Waals surface area (Å²) in [6.07, 6.45) is 4.61. The molecule has 1 unspecified atom stereocenters. The number of amides is 1. The molecule has 0 radical (unpaired) electrons. The Morgan fingerprint density at radius 2 is 1.64 bits per heavy atom. The number of rotatable bonds is 4. The van der Waals surface area contributed by atoms with Crippen molar-refractivity contribution in [2.24, 2.45) is 0 Å². The molecule has 2 saturated heterocycles. The van der Waals surface area contributed by atoms with Crippen LogP contribution in [0.15, 0.2) is 59.1 Å². The summed E-state index contributed by atoms with van der Waals surface area (Å²) in [5.41, 5.74) is 2.11. The Balaban J connectivity index is 1.40. The van der Waals surface area contributed by atoms with Crippen LogP contribution in [0.4, 0.5) is 0 Å². The van der Waals surface area contributed by atoms with E-state index in [1.807, 2.05) is 24.3 Å². The molecule has 0 saturated carbocycles. The Labute approximate surface area is 157 Å². The van der Waals surface area contributed by atoms with E-state index in [2.05, 4.69) is 56.5 Å². The van der Waals surface area contributed by atoms with Crippen LogP contribution in [0.25, 0.3) is 0 Å². The smallest absolute Gasteiger partial charge is 0.252 e. The molecule has 4 rings (SSSR count). The molecule has 1 N–H and O–H groups in total. The molecule has 0 aliphatic carbocycles. The van der Waals surface area contributed by atoms with E-state index in [1.165, 1.54) is 18.4 Å². The van der Waals surface area contributed by atoms with Gasteiger partial charge >= 0.3 is 0 Å². The fraction of sp³-hybridized carbons (Fsp3) is 0.381. The maximum atomic E-state index is 12.6. The lowest BCUT2D eigenvalue weighted by atomic mass is 9.96. The first-order valence-electron chi connectivity index (χ1n) is 9.06. The Hall–Kier alpha value is -1.65. The van der Waals surface area contributed by atoms with Crippen molar-refractivity contribution in [3.8, 4) is 0 Å². The Bertz CT molecular complexity index is 735. The quantitative estimate of drug-likeness (QED) is 0.828. The number of nitrogens with one attached hydrogen (secondary N) is 1. The number of halogens is 1. The number of carbonyl (C=O) groups is 1. The topological polar surface area (TPSA) is 32.3 Å². The predicted molar refractivity (Wildman–Crippen MR) is 103 cm³/mol. The number of fused-ring (bicyclic) bond motifs is 2. The highest BCUT2D eigenvalue weighted by Gasteiger charge is 2.40. The number of hydrogen-bond acceptors (Lipinski definition) is 2. The molecule has 2 aromatic carbocycles. The van der Waals surface area contributed by atoms with Crippen molar-refractivity contribution in [3.05, 3.63) is 70.2 Å². The van der Waals surface area contributed by atoms with Gasteiger partial charge in [0, 0.05) is 29.1 Å². The standard InChI is InChI=1S/C21H23BrN2O/c22-20-9-5-4-8-19(20)21(25)23-16-12-17-10-11-18(13-16)24(17)14-15-6-2-1-3-7-15/h1-9,16-18H,10-14H2,(H,23,25)/t16?,17-,18+. The van der Waals surface area contributed by atoms with E-state index in [0.717, 1.165) is 29.4 Å². The molecule has 1 amide bonds. The molecule has 2 heterocycles. The molecule has 2 aliphatic rings. The molecule has 2 fully saturated rings. The van der Waals surface area contributed by atoms with Gasteiger partial charge in [-0.25, -0.2) is 0 Å². The van der Waals surface area contributed by atoms with Crippen LogP contribution in [-0.2, 0) is 6.54 Å². The average Bonchev–Trinajstić information content (AvgIpc) is 2.85. The van der Waals surface area contributed by atoms with E-state index < -0.39 is 0 Å². The lowest BCUT2D eigenvalue weighted by molar-refractivity contribution is 0.0827. The van der Waals surface area contributed by atoms with Crippen molar-refractivity contribution >= 4 is 21.8 Å². The highest BCUT2D eigenvalue weighted by atomic mass is 79.9. The fourth-order valence-electron chi connectivity index (χ4n) is 4.35. The van der Waals surface area contributed by atoms with Crippen LogP contribution in [0.3, 0.4) is 0 Å². The molecule has 4 heteroatoms. The van der Waals surface area contributed by atoms with Gasteiger partial charge in [-0.05, 0) is 59.3 Å². The maximum absolute atomic E-state index is 12.6. The Morgan fingerprint density at radius 1 is 1.00 bits per heavy atom. The van der Waals surface area contributed by atoms with Crippen molar-refractivity contribution < 1.29 is 4.79 Å². The molecule has 0 aromatic heterocycles. The molecular formula is C21H23BrN2O. The third-order valence-corrected chi connectivity index (χ3v) is 6.24. The van der Waals surface area contributed by atoms with E-state index in [1.54, 1.807) is 0 Å². The molecule has 130 valence electrons. The fourth-order valence-corrected chi connectivity index (χ4v) is 4.82. The van der Waals surface area contributed by atoms with Crippen LogP contribution >= 0.6 is 15.9 Å². The SMILES string of the molecule is O=C(NC1C[C@H]2CC[C@@H](C1)N2Cc1ccccc1)c1ccccc1Br. The molecule has 3 atom stereocenters. The van der Waals surface area contributed by atoms with E-state index in [4.69, 9.17) is 0 Å². The summed E-state index contributed by atoms with van der Waals surface area (Å²) >= 11 is 3.48. The number of benzene rings is 2. The molecule has 2 aliphatic heterocycles. The summed E-state index contributed by atoms with van der Waals surface area (Å²) in [4.78, 5) is 15.2. The number of nitrogens with zero attached hydrogens (tertiary/aromatic N) is 1. The van der Waals surface area contributed by atoms with E-state index in [0.29, 0.717) is 12.1 Å². The summed E-state index contributed by atoms with van der Waals surface area (Å²) in [7, 11) is 0. The molecule has 0 spiro atoms. The number of hydrogen-bond donors (Lipinski definition) is 1. The zero-order valence-electron chi connectivity index (χ0n) is 14.2. The van der Waals surface area contributed by atoms with Crippen molar-refractivity contribution in [1.29, 1.82) is 0 Å². The third-order valence-electron chi connectivity index (χ3n) is 5.55. The molecule has 3 nitrogen and oxygen atoms in total. The second kappa shape index (κ2) is 7.30. The van der Waals surface area contributed by atoms with Crippen LogP contribution < -0.4 is 5.32 Å². The molecule has 25 heavy (non-hydrogen) atoms. The second-order valence-corrected chi connectivity index (χ2v) is 8.02. The highest BCUT2D eigenvalue weighted by Crippen LogP contribution is 2.37. The van der Waals surface area contributed by atoms with Gasteiger partial charge < -0.3 is 5.32 Å². The number of piperidine rings is 1. The first-order chi connectivity index (χ1) is 12.2. The van der Waals surface area contributed by atoms with E-state index in [9.17, 15) is 4.79 Å². The monoisotopic (exact) mass is 398 g/mol. The van der Waals surface area contributed by atoms with E-state index in [-0.39, 0.29) is 11.9 Å². The third kappa shape index (κ3) is 3.65. The van der Waals surface area contributed by atoms with Gasteiger partial charge in [0.25, 0.3) is 5.91 Å². The maximum Gasteiger partial charge on any atom is 0.252 e. The van der Waals surface area contributed by atoms with Gasteiger partial charge in [0.1, 0.15) is 0 Å². The lowest BCUT2D eigenvalue weighted by Gasteiger charge is -2.39. The summed E-state index contributed by atoms with van der Waals surface area (Å²) in [5.74, 6) is 0.0355. The summed E-state index contributed by atoms with van der Waals surface area (Å²) in [6, 6.07) is 19.8. The first-order valence-corrected chi connectivity index (χ1v) is 9.85. The summed E-state index contributed by atoms with van der Waals surface area (Å²) in [6.45, 7) is 1.03. The van der Waals surface area contributed by atoms with Gasteiger partial charge in [-0.1, -0.05) is 42.5 Å². The minimum Gasteiger partial charge on any atom is -0.349 e. The Kier molecular flexibility index (Phi) is 4.91. The van der Waals surface area contributed by atoms with Crippen molar-refractivity contribution in [3.63, 3.8) is 0 Å². The van der Waals surface area contributed by atoms with Gasteiger partial charge in [-0.2, -0.15) is 0 Å². The van der Waals surface area contributed by atoms with Gasteiger partial charge in [-0.15, -0.1) is 0 Å². The van der Waals surface area contributed by atoms with Crippen molar-refractivity contribution in [2.75, 3.05) is 0 Å². The predicted octanol–water partition coefficient (Wildman–Crippen LogP) is 4.37. The Morgan fingerprint density at radius 3 is 2.32 bits per heavy atom. The van der Waals surface area contributed by atoms with Crippen LogP contribution in [0.5, 0.6) is 0 Å². The minimum absolute atomic E-state index is 0.0355. The summed E-state index contributed by atoms with van der Waals surface area (Å²) in [5, 5.41) is 3.27. The van der Waals surface area contributed by atoms with Gasteiger partial charge in [0.15, 0.2) is 0 Å². The van der Waals surface area contributed by atoms with Crippen LogP contribution in [-0.4, -0.2) is 28.9 Å². The second-order valence-electron chi connectivity index (χ2n) is 7.16. The first kappa shape index (κ1) is 16.8. The van der Waals surface area contributed by atoms with Crippen molar-refractivity contribution in [2.45, 2.75) is 50.4 Å². The summed E-state index contributed by atoms with van der Waals surface area (Å²) < 4.78 is 0.858. The van der Waals surface area contributed by atoms with Crippen molar-refractivity contribution in [1.82, 2.24) is 10.2 Å². The normalized spacial score (nSPS) is 25.7. The highest BCUT2D eigenvalue weighted by molar-refractivity contribution is 9.10. The van der Waals surface area contributed by atoms with Gasteiger partial charge in [-0.3, -0.25) is 9.69 Å².